The number of anilines is 1. The van der Waals surface area contributed by atoms with Crippen LogP contribution in [-0.2, 0) is 25.3 Å². The van der Waals surface area contributed by atoms with Gasteiger partial charge in [-0.15, -0.1) is 0 Å². The van der Waals surface area contributed by atoms with Crippen LogP contribution in [0.1, 0.15) is 46.4 Å². The molecule has 244 valence electrons. The van der Waals surface area contributed by atoms with Gasteiger partial charge in [0.2, 0.25) is 11.8 Å². The fourth-order valence-electron chi connectivity index (χ4n) is 6.69. The van der Waals surface area contributed by atoms with Gasteiger partial charge in [0.05, 0.1) is 17.8 Å². The van der Waals surface area contributed by atoms with Crippen molar-refractivity contribution >= 4 is 29.1 Å². The van der Waals surface area contributed by atoms with E-state index in [1.165, 1.54) is 24.9 Å². The Balaban J connectivity index is 1.31. The zero-order valence-electron chi connectivity index (χ0n) is 26.9. The van der Waals surface area contributed by atoms with E-state index in [1.807, 2.05) is 37.3 Å². The number of aromatic nitrogens is 3. The van der Waals surface area contributed by atoms with Crippen molar-refractivity contribution in [1.29, 1.82) is 0 Å². The van der Waals surface area contributed by atoms with Gasteiger partial charge < -0.3 is 25.3 Å². The topological polar surface area (TPSA) is 136 Å². The van der Waals surface area contributed by atoms with Crippen molar-refractivity contribution in [2.75, 3.05) is 25.5 Å². The molecular formula is C35H37ClN6O5. The first-order valence-corrected chi connectivity index (χ1v) is 15.9. The van der Waals surface area contributed by atoms with E-state index < -0.39 is 17.2 Å². The molecule has 0 spiro atoms. The second kappa shape index (κ2) is 12.8. The molecule has 1 fully saturated rings. The van der Waals surface area contributed by atoms with Crippen LogP contribution in [0.25, 0.3) is 22.4 Å². The van der Waals surface area contributed by atoms with Crippen molar-refractivity contribution in [1.82, 2.24) is 24.8 Å². The number of rotatable bonds is 8. The highest BCUT2D eigenvalue weighted by molar-refractivity contribution is 6.36. The summed E-state index contributed by atoms with van der Waals surface area (Å²) in [5.74, 6) is 0.594. The number of aryl methyl sites for hydroxylation is 1. The van der Waals surface area contributed by atoms with E-state index in [4.69, 9.17) is 21.3 Å². The number of fused-ring (bicyclic) bond motifs is 1. The first-order valence-electron chi connectivity index (χ1n) is 15.5. The number of carbonyl (C=O) groups excluding carboxylic acids is 2. The quantitative estimate of drug-likeness (QED) is 0.261. The summed E-state index contributed by atoms with van der Waals surface area (Å²) < 4.78 is 7.93. The fraction of sp³-hybridized carbons (Fsp3) is 0.343. The predicted molar refractivity (Wildman–Crippen MR) is 181 cm³/mol. The summed E-state index contributed by atoms with van der Waals surface area (Å²) in [7, 11) is 4.45. The van der Waals surface area contributed by atoms with Crippen LogP contribution in [0.3, 0.4) is 0 Å². The standard InChI is InChI=1S/C35H37ClN6O5/c1-18-12-21-14-27(40-33(47-5)29(21)31(18)38-16-20-13-28(43)37-15-20)24-10-6-9-23(30(24)36)22-8-7-11-26(19(22)2)39-32(44)25-17-41(3)35(46)42(4)34(25)45/h6-11,14,17-18,20,31,38H,12-13,15-16H2,1-5H3,(H,37,43)(H,39,44)/t18-,20+,31+/m1/s1. The minimum absolute atomic E-state index is 0.0561. The Hall–Kier alpha value is -4.74. The molecule has 1 aliphatic heterocycles. The molecule has 12 heteroatoms. The lowest BCUT2D eigenvalue weighted by molar-refractivity contribution is -0.119. The number of pyridine rings is 1. The van der Waals surface area contributed by atoms with Crippen LogP contribution in [0.15, 0.2) is 58.3 Å². The second-order valence-corrected chi connectivity index (χ2v) is 12.8. The first kappa shape index (κ1) is 32.2. The third kappa shape index (κ3) is 5.96. The van der Waals surface area contributed by atoms with E-state index in [1.54, 1.807) is 13.2 Å². The Kier molecular flexibility index (Phi) is 8.78. The molecule has 47 heavy (non-hydrogen) atoms. The van der Waals surface area contributed by atoms with Crippen molar-refractivity contribution in [2.24, 2.45) is 25.9 Å². The Bertz CT molecular complexity index is 2040. The van der Waals surface area contributed by atoms with Gasteiger partial charge >= 0.3 is 5.69 Å². The molecule has 3 atom stereocenters. The molecule has 0 bridgehead atoms. The predicted octanol–water partition coefficient (Wildman–Crippen LogP) is 3.99. The van der Waals surface area contributed by atoms with E-state index in [0.29, 0.717) is 41.2 Å². The third-order valence-electron chi connectivity index (χ3n) is 9.25. The number of carbonyl (C=O) groups is 2. The second-order valence-electron chi connectivity index (χ2n) is 12.4. The SMILES string of the molecule is COc1nc(-c2cccc(-c3cccc(NC(=O)c4cn(C)c(=O)n(C)c4=O)c3C)c2Cl)cc2c1[C@@H](NC[C@@H]1CNC(=O)C1)[C@H](C)C2. The maximum atomic E-state index is 13.2. The van der Waals surface area contributed by atoms with E-state index in [-0.39, 0.29) is 23.4 Å². The molecule has 2 aliphatic rings. The normalized spacial score (nSPS) is 18.6. The van der Waals surface area contributed by atoms with Crippen molar-refractivity contribution in [2.45, 2.75) is 32.7 Å². The van der Waals surface area contributed by atoms with Crippen molar-refractivity contribution in [3.05, 3.63) is 96.8 Å². The molecule has 2 aromatic carbocycles. The Morgan fingerprint density at radius 3 is 2.53 bits per heavy atom. The molecule has 3 N–H and O–H groups in total. The average molecular weight is 657 g/mol. The molecule has 1 aliphatic carbocycles. The molecule has 11 nitrogen and oxygen atoms in total. The minimum Gasteiger partial charge on any atom is -0.481 e. The number of nitrogens with zero attached hydrogens (tertiary/aromatic N) is 3. The average Bonchev–Trinajstić information content (AvgIpc) is 3.62. The number of hydrogen-bond acceptors (Lipinski definition) is 7. The minimum atomic E-state index is -0.675. The number of amides is 2. The van der Waals surface area contributed by atoms with Gasteiger partial charge in [0.1, 0.15) is 5.56 Å². The molecule has 0 unspecified atom stereocenters. The van der Waals surface area contributed by atoms with Gasteiger partial charge in [-0.2, -0.15) is 0 Å². The van der Waals surface area contributed by atoms with E-state index in [9.17, 15) is 19.2 Å². The third-order valence-corrected chi connectivity index (χ3v) is 9.66. The van der Waals surface area contributed by atoms with Crippen LogP contribution in [0, 0.1) is 18.8 Å². The lowest BCUT2D eigenvalue weighted by Gasteiger charge is -2.22. The van der Waals surface area contributed by atoms with E-state index in [2.05, 4.69) is 28.9 Å². The highest BCUT2D eigenvalue weighted by Gasteiger charge is 2.35. The molecular weight excluding hydrogens is 620 g/mol. The maximum absolute atomic E-state index is 13.2. The van der Waals surface area contributed by atoms with E-state index in [0.717, 1.165) is 50.9 Å². The smallest absolute Gasteiger partial charge is 0.330 e. The molecule has 3 heterocycles. The molecule has 2 amide bonds. The van der Waals surface area contributed by atoms with Gasteiger partial charge in [0.15, 0.2) is 0 Å². The summed E-state index contributed by atoms with van der Waals surface area (Å²) in [6, 6.07) is 13.4. The number of hydrogen-bond donors (Lipinski definition) is 3. The van der Waals surface area contributed by atoms with Gasteiger partial charge in [-0.25, -0.2) is 9.78 Å². The van der Waals surface area contributed by atoms with Crippen molar-refractivity contribution < 1.29 is 14.3 Å². The maximum Gasteiger partial charge on any atom is 0.330 e. The van der Waals surface area contributed by atoms with Crippen molar-refractivity contribution in [3.8, 4) is 28.3 Å². The van der Waals surface area contributed by atoms with Crippen LogP contribution in [0.5, 0.6) is 5.88 Å². The highest BCUT2D eigenvalue weighted by atomic mass is 35.5. The van der Waals surface area contributed by atoms with Gasteiger partial charge in [-0.05, 0) is 54.0 Å². The van der Waals surface area contributed by atoms with Crippen molar-refractivity contribution in [3.63, 3.8) is 0 Å². The monoisotopic (exact) mass is 656 g/mol. The molecule has 4 aromatic rings. The zero-order chi connectivity index (χ0) is 33.6. The summed E-state index contributed by atoms with van der Waals surface area (Å²) in [5, 5.41) is 9.91. The molecule has 1 saturated heterocycles. The summed E-state index contributed by atoms with van der Waals surface area (Å²) in [5.41, 5.74) is 5.10. The molecule has 0 radical (unpaired) electrons. The molecule has 2 aromatic heterocycles. The lowest BCUT2D eigenvalue weighted by atomic mass is 9.96. The summed E-state index contributed by atoms with van der Waals surface area (Å²) >= 11 is 7.12. The Labute approximate surface area is 276 Å². The summed E-state index contributed by atoms with van der Waals surface area (Å²) in [6.45, 7) is 5.49. The largest absolute Gasteiger partial charge is 0.481 e. The van der Waals surface area contributed by atoms with Crippen LogP contribution in [0.4, 0.5) is 5.69 Å². The fourth-order valence-corrected chi connectivity index (χ4v) is 7.01. The first-order chi connectivity index (χ1) is 22.5. The summed E-state index contributed by atoms with van der Waals surface area (Å²) in [6.07, 6.45) is 2.62. The number of halogens is 1. The van der Waals surface area contributed by atoms with Gasteiger partial charge in [0, 0.05) is 68.2 Å². The van der Waals surface area contributed by atoms with Crippen LogP contribution < -0.4 is 31.9 Å². The number of methoxy groups -OCH3 is 1. The van der Waals surface area contributed by atoms with Crippen LogP contribution in [-0.4, -0.2) is 46.1 Å². The highest BCUT2D eigenvalue weighted by Crippen LogP contribution is 2.45. The summed E-state index contributed by atoms with van der Waals surface area (Å²) in [4.78, 5) is 54.5. The Morgan fingerprint density at radius 2 is 1.81 bits per heavy atom. The zero-order valence-corrected chi connectivity index (χ0v) is 27.7. The molecule has 6 rings (SSSR count). The van der Waals surface area contributed by atoms with Crippen LogP contribution in [0.2, 0.25) is 5.02 Å². The van der Waals surface area contributed by atoms with Gasteiger partial charge in [0.25, 0.3) is 11.5 Å². The van der Waals surface area contributed by atoms with E-state index >= 15 is 0 Å². The number of ether oxygens (including phenoxy) is 1. The number of nitrogens with one attached hydrogen (secondary N) is 3. The Morgan fingerprint density at radius 1 is 1.09 bits per heavy atom. The van der Waals surface area contributed by atoms with Gasteiger partial charge in [-0.3, -0.25) is 19.0 Å². The lowest BCUT2D eigenvalue weighted by Crippen LogP contribution is -2.40. The van der Waals surface area contributed by atoms with Crippen LogP contribution >= 0.6 is 11.6 Å². The number of benzene rings is 2. The van der Waals surface area contributed by atoms with Gasteiger partial charge in [-0.1, -0.05) is 48.9 Å². The molecule has 0 saturated carbocycles.